The fourth-order valence-corrected chi connectivity index (χ4v) is 2.36. The van der Waals surface area contributed by atoms with E-state index in [4.69, 9.17) is 10.7 Å². The monoisotopic (exact) mass is 231 g/mol. The van der Waals surface area contributed by atoms with Crippen molar-refractivity contribution in [3.63, 3.8) is 0 Å². The highest BCUT2D eigenvalue weighted by molar-refractivity contribution is 5.76. The molecule has 0 spiro atoms. The van der Waals surface area contributed by atoms with Crippen molar-refractivity contribution in [3.05, 3.63) is 30.1 Å². The number of imidazole rings is 1. The molecule has 0 bridgehead atoms. The molecule has 2 rings (SSSR count). The van der Waals surface area contributed by atoms with Gasteiger partial charge in [-0.05, 0) is 25.0 Å². The zero-order valence-corrected chi connectivity index (χ0v) is 10.7. The van der Waals surface area contributed by atoms with Crippen molar-refractivity contribution in [3.8, 4) is 0 Å². The van der Waals surface area contributed by atoms with Crippen molar-refractivity contribution in [1.82, 2.24) is 9.55 Å². The van der Waals surface area contributed by atoms with Crippen molar-refractivity contribution in [2.45, 2.75) is 39.2 Å². The lowest BCUT2D eigenvalue weighted by Gasteiger charge is -2.18. The fraction of sp³-hybridized carbons (Fsp3) is 0.500. The number of aromatic nitrogens is 2. The summed E-state index contributed by atoms with van der Waals surface area (Å²) in [5.74, 6) is 1.17. The van der Waals surface area contributed by atoms with Crippen molar-refractivity contribution >= 4 is 11.0 Å². The Kier molecular flexibility index (Phi) is 3.79. The SMILES string of the molecule is CCCc1nc2ccccc2n1C(CC)CN. The van der Waals surface area contributed by atoms with E-state index in [2.05, 4.69) is 36.6 Å². The first-order chi connectivity index (χ1) is 8.31. The molecule has 3 heteroatoms. The number of nitrogens with zero attached hydrogens (tertiary/aromatic N) is 2. The van der Waals surface area contributed by atoms with Crippen molar-refractivity contribution < 1.29 is 0 Å². The summed E-state index contributed by atoms with van der Waals surface area (Å²) in [5.41, 5.74) is 8.18. The molecule has 92 valence electrons. The van der Waals surface area contributed by atoms with Crippen LogP contribution in [-0.4, -0.2) is 16.1 Å². The van der Waals surface area contributed by atoms with Crippen molar-refractivity contribution in [2.24, 2.45) is 5.73 Å². The summed E-state index contributed by atoms with van der Waals surface area (Å²) < 4.78 is 2.33. The maximum absolute atomic E-state index is 5.88. The molecule has 2 N–H and O–H groups in total. The van der Waals surface area contributed by atoms with Crippen LogP contribution in [0.5, 0.6) is 0 Å². The molecule has 0 radical (unpaired) electrons. The van der Waals surface area contributed by atoms with Gasteiger partial charge in [-0.25, -0.2) is 4.98 Å². The van der Waals surface area contributed by atoms with Gasteiger partial charge >= 0.3 is 0 Å². The Balaban J connectivity index is 2.58. The van der Waals surface area contributed by atoms with Gasteiger partial charge in [0.25, 0.3) is 0 Å². The smallest absolute Gasteiger partial charge is 0.110 e. The van der Waals surface area contributed by atoms with E-state index in [-0.39, 0.29) is 0 Å². The summed E-state index contributed by atoms with van der Waals surface area (Å²) in [5, 5.41) is 0. The lowest BCUT2D eigenvalue weighted by atomic mass is 10.2. The molecule has 1 aromatic carbocycles. The van der Waals surface area contributed by atoms with E-state index in [1.54, 1.807) is 0 Å². The number of aryl methyl sites for hydroxylation is 1. The van der Waals surface area contributed by atoms with Gasteiger partial charge in [0.2, 0.25) is 0 Å². The van der Waals surface area contributed by atoms with Crippen molar-refractivity contribution in [1.29, 1.82) is 0 Å². The van der Waals surface area contributed by atoms with Crippen LogP contribution in [-0.2, 0) is 6.42 Å². The molecule has 0 fully saturated rings. The van der Waals surface area contributed by atoms with Crippen LogP contribution >= 0.6 is 0 Å². The summed E-state index contributed by atoms with van der Waals surface area (Å²) in [6.45, 7) is 5.04. The highest BCUT2D eigenvalue weighted by atomic mass is 15.1. The molecule has 1 aromatic heterocycles. The van der Waals surface area contributed by atoms with Gasteiger partial charge in [0.15, 0.2) is 0 Å². The molecule has 1 heterocycles. The van der Waals surface area contributed by atoms with E-state index >= 15 is 0 Å². The van der Waals surface area contributed by atoms with E-state index in [1.165, 1.54) is 11.3 Å². The van der Waals surface area contributed by atoms with Crippen LogP contribution in [0.1, 0.15) is 38.6 Å². The number of rotatable bonds is 5. The highest BCUT2D eigenvalue weighted by Gasteiger charge is 2.15. The molecular weight excluding hydrogens is 210 g/mol. The maximum atomic E-state index is 5.88. The number of benzene rings is 1. The average molecular weight is 231 g/mol. The molecule has 0 aliphatic heterocycles. The summed E-state index contributed by atoms with van der Waals surface area (Å²) in [7, 11) is 0. The third kappa shape index (κ3) is 2.20. The fourth-order valence-electron chi connectivity index (χ4n) is 2.36. The number of hydrogen-bond donors (Lipinski definition) is 1. The predicted octanol–water partition coefficient (Wildman–Crippen LogP) is 2.90. The molecule has 0 saturated carbocycles. The van der Waals surface area contributed by atoms with Gasteiger partial charge in [0.05, 0.1) is 11.0 Å². The van der Waals surface area contributed by atoms with Gasteiger partial charge in [-0.2, -0.15) is 0 Å². The lowest BCUT2D eigenvalue weighted by Crippen LogP contribution is -2.20. The molecular formula is C14H21N3. The standard InChI is InChI=1S/C14H21N3/c1-3-7-14-16-12-8-5-6-9-13(12)17(14)11(4-2)10-15/h5-6,8-9,11H,3-4,7,10,15H2,1-2H3. The molecule has 3 nitrogen and oxygen atoms in total. The van der Waals surface area contributed by atoms with Gasteiger partial charge in [-0.1, -0.05) is 26.0 Å². The minimum absolute atomic E-state index is 0.365. The zero-order valence-electron chi connectivity index (χ0n) is 10.7. The highest BCUT2D eigenvalue weighted by Crippen LogP contribution is 2.23. The largest absolute Gasteiger partial charge is 0.328 e. The van der Waals surface area contributed by atoms with Crippen LogP contribution in [0.4, 0.5) is 0 Å². The first-order valence-corrected chi connectivity index (χ1v) is 6.47. The third-order valence-corrected chi connectivity index (χ3v) is 3.25. The minimum atomic E-state index is 0.365. The average Bonchev–Trinajstić information content (AvgIpc) is 2.71. The Hall–Kier alpha value is -1.35. The second-order valence-electron chi connectivity index (χ2n) is 4.43. The Morgan fingerprint density at radius 1 is 1.29 bits per heavy atom. The summed E-state index contributed by atoms with van der Waals surface area (Å²) >= 11 is 0. The van der Waals surface area contributed by atoms with Crippen LogP contribution in [0.3, 0.4) is 0 Å². The molecule has 17 heavy (non-hydrogen) atoms. The van der Waals surface area contributed by atoms with Crippen LogP contribution < -0.4 is 5.73 Å². The van der Waals surface area contributed by atoms with E-state index < -0.39 is 0 Å². The Bertz CT molecular complexity index is 483. The third-order valence-electron chi connectivity index (χ3n) is 3.25. The molecule has 0 aliphatic carbocycles. The van der Waals surface area contributed by atoms with E-state index in [0.29, 0.717) is 12.6 Å². The molecule has 0 aliphatic rings. The molecule has 1 atom stereocenters. The molecule has 0 saturated heterocycles. The quantitative estimate of drug-likeness (QED) is 0.860. The minimum Gasteiger partial charge on any atom is -0.328 e. The first-order valence-electron chi connectivity index (χ1n) is 6.47. The van der Waals surface area contributed by atoms with Crippen molar-refractivity contribution in [2.75, 3.05) is 6.54 Å². The Morgan fingerprint density at radius 3 is 2.71 bits per heavy atom. The van der Waals surface area contributed by atoms with Crippen LogP contribution in [0, 0.1) is 0 Å². The number of fused-ring (bicyclic) bond motifs is 1. The van der Waals surface area contributed by atoms with E-state index in [1.807, 2.05) is 6.07 Å². The van der Waals surface area contributed by atoms with Gasteiger partial charge in [-0.3, -0.25) is 0 Å². The summed E-state index contributed by atoms with van der Waals surface area (Å²) in [6, 6.07) is 8.69. The predicted molar refractivity (Wildman–Crippen MR) is 72.1 cm³/mol. The molecule has 2 aromatic rings. The Morgan fingerprint density at radius 2 is 2.06 bits per heavy atom. The topological polar surface area (TPSA) is 43.8 Å². The van der Waals surface area contributed by atoms with Crippen LogP contribution in [0.25, 0.3) is 11.0 Å². The summed E-state index contributed by atoms with van der Waals surface area (Å²) in [4.78, 5) is 4.73. The normalized spacial score (nSPS) is 13.1. The van der Waals surface area contributed by atoms with Gasteiger partial charge in [0, 0.05) is 19.0 Å². The van der Waals surface area contributed by atoms with E-state index in [0.717, 1.165) is 24.8 Å². The zero-order chi connectivity index (χ0) is 12.3. The number of nitrogens with two attached hydrogens (primary N) is 1. The second kappa shape index (κ2) is 5.32. The Labute approximate surface area is 103 Å². The van der Waals surface area contributed by atoms with Crippen LogP contribution in [0.15, 0.2) is 24.3 Å². The van der Waals surface area contributed by atoms with Gasteiger partial charge in [0.1, 0.15) is 5.82 Å². The van der Waals surface area contributed by atoms with Gasteiger partial charge < -0.3 is 10.3 Å². The molecule has 1 unspecified atom stereocenters. The first kappa shape index (κ1) is 12.1. The van der Waals surface area contributed by atoms with Gasteiger partial charge in [-0.15, -0.1) is 0 Å². The summed E-state index contributed by atoms with van der Waals surface area (Å²) in [6.07, 6.45) is 3.18. The van der Waals surface area contributed by atoms with E-state index in [9.17, 15) is 0 Å². The molecule has 0 amide bonds. The number of para-hydroxylation sites is 2. The lowest BCUT2D eigenvalue weighted by molar-refractivity contribution is 0.488. The van der Waals surface area contributed by atoms with Crippen LogP contribution in [0.2, 0.25) is 0 Å². The maximum Gasteiger partial charge on any atom is 0.110 e. The number of hydrogen-bond acceptors (Lipinski definition) is 2. The second-order valence-corrected chi connectivity index (χ2v) is 4.43.